The zero-order valence-electron chi connectivity index (χ0n) is 7.72. The standard InChI is InChI=1S/C9H17NO/c1-5-8(10)9(6-2)11-7(3)4/h5-7H,10H2,1-4H3/b8-5+,9-6+. The smallest absolute Gasteiger partial charge is 0.137 e. The molecule has 0 heterocycles. The highest BCUT2D eigenvalue weighted by Gasteiger charge is 2.01. The summed E-state index contributed by atoms with van der Waals surface area (Å²) in [5.41, 5.74) is 6.34. The normalized spacial score (nSPS) is 13.9. The molecule has 2 heteroatoms. The van der Waals surface area contributed by atoms with Crippen molar-refractivity contribution in [1.29, 1.82) is 0 Å². The van der Waals surface area contributed by atoms with E-state index in [1.165, 1.54) is 0 Å². The molecule has 2 N–H and O–H groups in total. The summed E-state index contributed by atoms with van der Waals surface area (Å²) in [6, 6.07) is 0. The van der Waals surface area contributed by atoms with Gasteiger partial charge in [-0.05, 0) is 33.8 Å². The number of hydrogen-bond donors (Lipinski definition) is 1. The van der Waals surface area contributed by atoms with Crippen LogP contribution in [0.1, 0.15) is 27.7 Å². The molecule has 0 aliphatic rings. The van der Waals surface area contributed by atoms with Crippen LogP contribution in [0.3, 0.4) is 0 Å². The van der Waals surface area contributed by atoms with Crippen molar-refractivity contribution < 1.29 is 4.74 Å². The molecule has 0 radical (unpaired) electrons. The minimum atomic E-state index is 0.180. The molecular weight excluding hydrogens is 138 g/mol. The summed E-state index contributed by atoms with van der Waals surface area (Å²) in [4.78, 5) is 0. The zero-order valence-corrected chi connectivity index (χ0v) is 7.72. The summed E-state index contributed by atoms with van der Waals surface area (Å²) >= 11 is 0. The molecule has 0 fully saturated rings. The van der Waals surface area contributed by atoms with E-state index in [4.69, 9.17) is 10.5 Å². The first-order valence-corrected chi connectivity index (χ1v) is 3.87. The van der Waals surface area contributed by atoms with Crippen LogP contribution in [0.4, 0.5) is 0 Å². The molecule has 0 saturated carbocycles. The van der Waals surface area contributed by atoms with Gasteiger partial charge in [0.05, 0.1) is 11.8 Å². The van der Waals surface area contributed by atoms with Crippen molar-refractivity contribution >= 4 is 0 Å². The SMILES string of the molecule is C/C=C(N)\C(=C/C)OC(C)C. The third-order valence-corrected chi connectivity index (χ3v) is 1.22. The maximum Gasteiger partial charge on any atom is 0.137 e. The van der Waals surface area contributed by atoms with Crippen LogP contribution in [-0.2, 0) is 4.74 Å². The van der Waals surface area contributed by atoms with Gasteiger partial charge in [0.15, 0.2) is 0 Å². The van der Waals surface area contributed by atoms with Gasteiger partial charge in [-0.15, -0.1) is 0 Å². The lowest BCUT2D eigenvalue weighted by Gasteiger charge is -2.12. The molecular formula is C9H17NO. The maximum absolute atomic E-state index is 5.64. The molecule has 0 atom stereocenters. The molecule has 0 bridgehead atoms. The van der Waals surface area contributed by atoms with E-state index in [-0.39, 0.29) is 6.10 Å². The van der Waals surface area contributed by atoms with Crippen LogP contribution in [0.25, 0.3) is 0 Å². The molecule has 2 nitrogen and oxygen atoms in total. The molecule has 0 saturated heterocycles. The number of hydrogen-bond acceptors (Lipinski definition) is 2. The number of nitrogens with two attached hydrogens (primary N) is 1. The van der Waals surface area contributed by atoms with E-state index in [0.29, 0.717) is 5.70 Å². The number of rotatable bonds is 3. The molecule has 0 aromatic rings. The Hall–Kier alpha value is -0.920. The van der Waals surface area contributed by atoms with Crippen LogP contribution in [0, 0.1) is 0 Å². The summed E-state index contributed by atoms with van der Waals surface area (Å²) in [5.74, 6) is 0.766. The summed E-state index contributed by atoms with van der Waals surface area (Å²) in [5, 5.41) is 0. The van der Waals surface area contributed by atoms with Crippen LogP contribution in [0.5, 0.6) is 0 Å². The second kappa shape index (κ2) is 4.83. The molecule has 0 unspecified atom stereocenters. The Morgan fingerprint density at radius 2 is 1.82 bits per heavy atom. The highest BCUT2D eigenvalue weighted by molar-refractivity contribution is 5.21. The van der Waals surface area contributed by atoms with Crippen molar-refractivity contribution in [3.63, 3.8) is 0 Å². The van der Waals surface area contributed by atoms with Gasteiger partial charge in [0.1, 0.15) is 5.76 Å². The Morgan fingerprint density at radius 1 is 1.27 bits per heavy atom. The summed E-state index contributed by atoms with van der Waals surface area (Å²) in [7, 11) is 0. The minimum absolute atomic E-state index is 0.180. The Labute approximate surface area is 68.7 Å². The quantitative estimate of drug-likeness (QED) is 0.501. The van der Waals surface area contributed by atoms with Crippen molar-refractivity contribution in [3.05, 3.63) is 23.6 Å². The molecule has 0 aromatic carbocycles. The van der Waals surface area contributed by atoms with Gasteiger partial charge in [-0.25, -0.2) is 0 Å². The molecule has 0 spiro atoms. The Balaban J connectivity index is 4.21. The second-order valence-electron chi connectivity index (χ2n) is 2.56. The van der Waals surface area contributed by atoms with Crippen molar-refractivity contribution in [2.75, 3.05) is 0 Å². The number of ether oxygens (including phenoxy) is 1. The molecule has 0 aliphatic carbocycles. The molecule has 64 valence electrons. The molecule has 0 aliphatic heterocycles. The summed E-state index contributed by atoms with van der Waals surface area (Å²) < 4.78 is 5.42. The van der Waals surface area contributed by atoms with E-state index in [2.05, 4.69) is 0 Å². The van der Waals surface area contributed by atoms with Crippen LogP contribution in [0.15, 0.2) is 23.6 Å². The highest BCUT2D eigenvalue weighted by Crippen LogP contribution is 2.08. The largest absolute Gasteiger partial charge is 0.489 e. The summed E-state index contributed by atoms with van der Waals surface area (Å²) in [6.07, 6.45) is 3.88. The zero-order chi connectivity index (χ0) is 8.85. The molecule has 0 aromatic heterocycles. The van der Waals surface area contributed by atoms with E-state index < -0.39 is 0 Å². The van der Waals surface area contributed by atoms with Gasteiger partial charge in [-0.1, -0.05) is 6.08 Å². The number of allylic oxidation sites excluding steroid dienone is 2. The van der Waals surface area contributed by atoms with Crippen LogP contribution in [0.2, 0.25) is 0 Å². The van der Waals surface area contributed by atoms with E-state index >= 15 is 0 Å². The molecule has 0 amide bonds. The fraction of sp³-hybridized carbons (Fsp3) is 0.556. The van der Waals surface area contributed by atoms with Crippen molar-refractivity contribution in [3.8, 4) is 0 Å². The van der Waals surface area contributed by atoms with Crippen LogP contribution < -0.4 is 5.73 Å². The maximum atomic E-state index is 5.64. The van der Waals surface area contributed by atoms with Gasteiger partial charge in [-0.2, -0.15) is 0 Å². The predicted molar refractivity (Wildman–Crippen MR) is 47.9 cm³/mol. The fourth-order valence-electron chi connectivity index (χ4n) is 0.699. The predicted octanol–water partition coefficient (Wildman–Crippen LogP) is 2.18. The first-order chi connectivity index (χ1) is 5.11. The monoisotopic (exact) mass is 155 g/mol. The lowest BCUT2D eigenvalue weighted by molar-refractivity contribution is 0.153. The van der Waals surface area contributed by atoms with Crippen molar-refractivity contribution in [2.24, 2.45) is 5.73 Å². The Bertz CT molecular complexity index is 168. The third kappa shape index (κ3) is 3.71. The Kier molecular flexibility index (Phi) is 4.42. The van der Waals surface area contributed by atoms with Gasteiger partial charge in [0, 0.05) is 0 Å². The van der Waals surface area contributed by atoms with Gasteiger partial charge in [0.25, 0.3) is 0 Å². The van der Waals surface area contributed by atoms with Gasteiger partial charge in [-0.3, -0.25) is 0 Å². The second-order valence-corrected chi connectivity index (χ2v) is 2.56. The topological polar surface area (TPSA) is 35.2 Å². The summed E-state index contributed by atoms with van der Waals surface area (Å²) in [6.45, 7) is 7.76. The fourth-order valence-corrected chi connectivity index (χ4v) is 0.699. The van der Waals surface area contributed by atoms with E-state index in [9.17, 15) is 0 Å². The third-order valence-electron chi connectivity index (χ3n) is 1.22. The van der Waals surface area contributed by atoms with Gasteiger partial charge < -0.3 is 10.5 Å². The average Bonchev–Trinajstić information content (AvgIpc) is 1.98. The van der Waals surface area contributed by atoms with Gasteiger partial charge >= 0.3 is 0 Å². The molecule has 11 heavy (non-hydrogen) atoms. The Morgan fingerprint density at radius 3 is 2.09 bits per heavy atom. The minimum Gasteiger partial charge on any atom is -0.489 e. The lowest BCUT2D eigenvalue weighted by Crippen LogP contribution is -2.09. The van der Waals surface area contributed by atoms with E-state index in [1.807, 2.05) is 39.8 Å². The van der Waals surface area contributed by atoms with E-state index in [0.717, 1.165) is 5.76 Å². The first kappa shape index (κ1) is 10.1. The average molecular weight is 155 g/mol. The lowest BCUT2D eigenvalue weighted by atomic mass is 10.3. The van der Waals surface area contributed by atoms with Gasteiger partial charge in [0.2, 0.25) is 0 Å². The van der Waals surface area contributed by atoms with Crippen molar-refractivity contribution in [2.45, 2.75) is 33.8 Å². The van der Waals surface area contributed by atoms with Crippen LogP contribution in [-0.4, -0.2) is 6.10 Å². The molecule has 0 rings (SSSR count). The van der Waals surface area contributed by atoms with E-state index in [1.54, 1.807) is 0 Å². The van der Waals surface area contributed by atoms with Crippen LogP contribution >= 0.6 is 0 Å². The first-order valence-electron chi connectivity index (χ1n) is 3.87. The van der Waals surface area contributed by atoms with Crippen molar-refractivity contribution in [1.82, 2.24) is 0 Å². The highest BCUT2D eigenvalue weighted by atomic mass is 16.5.